The van der Waals surface area contributed by atoms with E-state index in [0.717, 1.165) is 42.1 Å². The summed E-state index contributed by atoms with van der Waals surface area (Å²) in [6.45, 7) is 8.14. The number of carbonyl (C=O) groups is 1. The summed E-state index contributed by atoms with van der Waals surface area (Å²) in [7, 11) is 2.07. The first-order chi connectivity index (χ1) is 13.4. The maximum Gasteiger partial charge on any atom is 0.230 e. The van der Waals surface area contributed by atoms with Gasteiger partial charge in [0.25, 0.3) is 0 Å². The molecule has 150 valence electrons. The molecule has 2 heterocycles. The van der Waals surface area contributed by atoms with E-state index < -0.39 is 5.54 Å². The minimum absolute atomic E-state index is 0.108. The summed E-state index contributed by atoms with van der Waals surface area (Å²) in [6, 6.07) is 0.108. The fourth-order valence-corrected chi connectivity index (χ4v) is 5.24. The molecule has 1 amide bonds. The minimum atomic E-state index is -0.773. The number of carbonyl (C=O) groups excluding carboxylic acids is 1. The monoisotopic (exact) mass is 382 g/mol. The normalized spacial score (nSPS) is 29.1. The number of likely N-dealkylation sites (N-methyl/N-ethyl adjacent to an activating group) is 1. The maximum atomic E-state index is 13.1. The first kappa shape index (κ1) is 19.1. The molecule has 6 heteroatoms. The molecular formula is C22H30N4O2. The number of fused-ring (bicyclic) bond motifs is 2. The number of nitrogens with one attached hydrogen (secondary N) is 1. The molecule has 3 atom stereocenters. The van der Waals surface area contributed by atoms with Gasteiger partial charge in [-0.15, -0.1) is 4.91 Å². The molecule has 0 bridgehead atoms. The average Bonchev–Trinajstić information content (AvgIpc) is 3.10. The first-order valence-corrected chi connectivity index (χ1v) is 10.4. The van der Waals surface area contributed by atoms with E-state index in [4.69, 9.17) is 0 Å². The molecule has 3 aliphatic rings. The molecule has 1 N–H and O–H groups in total. The van der Waals surface area contributed by atoms with Crippen LogP contribution in [-0.2, 0) is 10.3 Å². The van der Waals surface area contributed by atoms with Crippen LogP contribution < -0.4 is 10.6 Å². The number of amides is 1. The zero-order valence-electron chi connectivity index (χ0n) is 17.3. The number of nitrogens with zero attached hydrogens (tertiary/aromatic N) is 3. The van der Waals surface area contributed by atoms with Gasteiger partial charge in [-0.2, -0.15) is 0 Å². The standard InChI is InChI=1S/C22H30N4O2/c1-5-26(6-2)21(27)14-10-16-15-8-7-9-18-20(15)17(12-23-18)22(3,24-28)11-19(16)25(4)13-14/h9-10,12,14,19,23H,5-8,11,13H2,1-4H3. The van der Waals surface area contributed by atoms with Crippen LogP contribution in [0.25, 0.3) is 11.6 Å². The van der Waals surface area contributed by atoms with Crippen LogP contribution in [0.15, 0.2) is 23.0 Å². The third kappa shape index (κ3) is 2.77. The van der Waals surface area contributed by atoms with E-state index >= 15 is 0 Å². The molecule has 0 saturated heterocycles. The number of aromatic amines is 1. The van der Waals surface area contributed by atoms with Crippen LogP contribution in [0.2, 0.25) is 0 Å². The predicted octanol–water partition coefficient (Wildman–Crippen LogP) is 1.85. The van der Waals surface area contributed by atoms with Gasteiger partial charge in [0.2, 0.25) is 5.91 Å². The topological polar surface area (TPSA) is 68.8 Å². The van der Waals surface area contributed by atoms with Crippen molar-refractivity contribution in [3.8, 4) is 0 Å². The van der Waals surface area contributed by atoms with Crippen molar-refractivity contribution in [1.82, 2.24) is 14.8 Å². The Balaban J connectivity index is 1.91. The lowest BCUT2D eigenvalue weighted by atomic mass is 9.82. The van der Waals surface area contributed by atoms with Gasteiger partial charge in [0.15, 0.2) is 0 Å². The van der Waals surface area contributed by atoms with Gasteiger partial charge in [0.05, 0.1) is 5.92 Å². The number of hydrogen-bond acceptors (Lipinski definition) is 4. The Morgan fingerprint density at radius 3 is 2.82 bits per heavy atom. The summed E-state index contributed by atoms with van der Waals surface area (Å²) >= 11 is 0. The Bertz CT molecular complexity index is 956. The van der Waals surface area contributed by atoms with E-state index in [0.29, 0.717) is 13.0 Å². The Hall–Kier alpha value is -2.21. The smallest absolute Gasteiger partial charge is 0.230 e. The number of hydrogen-bond donors (Lipinski definition) is 1. The second kappa shape index (κ2) is 6.99. The lowest BCUT2D eigenvalue weighted by molar-refractivity contribution is -0.134. The van der Waals surface area contributed by atoms with Gasteiger partial charge in [-0.25, -0.2) is 0 Å². The highest BCUT2D eigenvalue weighted by Crippen LogP contribution is 2.41. The summed E-state index contributed by atoms with van der Waals surface area (Å²) in [5.74, 6) is 0.0507. The van der Waals surface area contributed by atoms with Crippen LogP contribution in [0.5, 0.6) is 0 Å². The summed E-state index contributed by atoms with van der Waals surface area (Å²) in [4.78, 5) is 32.6. The minimum Gasteiger partial charge on any atom is -0.361 e. The summed E-state index contributed by atoms with van der Waals surface area (Å²) in [5.41, 5.74) is 2.74. The van der Waals surface area contributed by atoms with Gasteiger partial charge in [-0.05, 0) is 58.2 Å². The highest BCUT2D eigenvalue weighted by Gasteiger charge is 2.43. The molecule has 3 unspecified atom stereocenters. The van der Waals surface area contributed by atoms with Crippen molar-refractivity contribution >= 4 is 17.6 Å². The lowest BCUT2D eigenvalue weighted by Gasteiger charge is -2.40. The maximum absolute atomic E-state index is 13.1. The van der Waals surface area contributed by atoms with Gasteiger partial charge >= 0.3 is 0 Å². The first-order valence-electron chi connectivity index (χ1n) is 10.4. The lowest BCUT2D eigenvalue weighted by Crippen LogP contribution is -2.48. The highest BCUT2D eigenvalue weighted by molar-refractivity contribution is 5.83. The zero-order chi connectivity index (χ0) is 20.1. The summed E-state index contributed by atoms with van der Waals surface area (Å²) in [6.07, 6.45) is 8.91. The molecule has 6 nitrogen and oxygen atoms in total. The number of rotatable bonds is 4. The number of H-pyrrole nitrogens is 1. The molecule has 0 spiro atoms. The fourth-order valence-electron chi connectivity index (χ4n) is 5.24. The Morgan fingerprint density at radius 2 is 2.14 bits per heavy atom. The van der Waals surface area contributed by atoms with Crippen LogP contribution in [0.1, 0.15) is 45.6 Å². The van der Waals surface area contributed by atoms with Crippen LogP contribution in [0, 0.1) is 10.8 Å². The Morgan fingerprint density at radius 1 is 1.39 bits per heavy atom. The molecule has 0 saturated carbocycles. The predicted molar refractivity (Wildman–Crippen MR) is 111 cm³/mol. The second-order valence-corrected chi connectivity index (χ2v) is 8.48. The van der Waals surface area contributed by atoms with Gasteiger partial charge in [-0.1, -0.05) is 17.3 Å². The third-order valence-corrected chi connectivity index (χ3v) is 6.83. The van der Waals surface area contributed by atoms with Crippen molar-refractivity contribution in [3.63, 3.8) is 0 Å². The Labute approximate surface area is 165 Å². The molecule has 0 fully saturated rings. The van der Waals surface area contributed by atoms with Crippen molar-refractivity contribution in [3.05, 3.63) is 38.9 Å². The third-order valence-electron chi connectivity index (χ3n) is 6.83. The van der Waals surface area contributed by atoms with Gasteiger partial charge in [-0.3, -0.25) is 9.69 Å². The van der Waals surface area contributed by atoms with E-state index in [1.165, 1.54) is 11.1 Å². The Kier molecular flexibility index (Phi) is 4.78. The average molecular weight is 383 g/mol. The van der Waals surface area contributed by atoms with E-state index in [2.05, 4.69) is 34.3 Å². The molecule has 2 aliphatic carbocycles. The summed E-state index contributed by atoms with van der Waals surface area (Å²) in [5, 5.41) is 5.83. The molecule has 0 radical (unpaired) electrons. The van der Waals surface area contributed by atoms with Crippen molar-refractivity contribution in [2.75, 3.05) is 26.7 Å². The van der Waals surface area contributed by atoms with Crippen LogP contribution >= 0.6 is 0 Å². The van der Waals surface area contributed by atoms with Crippen LogP contribution in [-0.4, -0.2) is 53.4 Å². The van der Waals surface area contributed by atoms with E-state index in [9.17, 15) is 9.70 Å². The second-order valence-electron chi connectivity index (χ2n) is 8.48. The SMILES string of the molecule is CCN(CC)C(=O)C1C=C2C3=c4c(c[nH]c4=CCC3)C(C)(N=O)CC2N(C)C1. The van der Waals surface area contributed by atoms with E-state index in [1.807, 2.05) is 31.9 Å². The number of nitroso groups, excluding NO2 is 1. The highest BCUT2D eigenvalue weighted by atomic mass is 16.3. The largest absolute Gasteiger partial charge is 0.361 e. The van der Waals surface area contributed by atoms with Crippen molar-refractivity contribution in [2.45, 2.75) is 51.6 Å². The summed E-state index contributed by atoms with van der Waals surface area (Å²) < 4.78 is 0. The van der Waals surface area contributed by atoms with Gasteiger partial charge in [0, 0.05) is 48.0 Å². The fraction of sp³-hybridized carbons (Fsp3) is 0.591. The van der Waals surface area contributed by atoms with Gasteiger partial charge in [0.1, 0.15) is 5.54 Å². The molecule has 1 aromatic heterocycles. The molecule has 1 aromatic rings. The molecule has 1 aliphatic heterocycles. The van der Waals surface area contributed by atoms with Crippen LogP contribution in [0.4, 0.5) is 0 Å². The quantitative estimate of drug-likeness (QED) is 0.808. The van der Waals surface area contributed by atoms with E-state index in [1.54, 1.807) is 0 Å². The van der Waals surface area contributed by atoms with Crippen molar-refractivity contribution in [2.24, 2.45) is 11.1 Å². The number of aromatic nitrogens is 1. The van der Waals surface area contributed by atoms with Gasteiger partial charge < -0.3 is 9.88 Å². The van der Waals surface area contributed by atoms with E-state index in [-0.39, 0.29) is 17.9 Å². The molecule has 4 rings (SSSR count). The van der Waals surface area contributed by atoms with Crippen molar-refractivity contribution in [1.29, 1.82) is 0 Å². The van der Waals surface area contributed by atoms with Crippen LogP contribution in [0.3, 0.4) is 0 Å². The van der Waals surface area contributed by atoms with Crippen molar-refractivity contribution < 1.29 is 4.79 Å². The molecule has 28 heavy (non-hydrogen) atoms. The molecule has 0 aromatic carbocycles. The zero-order valence-corrected chi connectivity index (χ0v) is 17.3. The molecular weight excluding hydrogens is 352 g/mol.